The second kappa shape index (κ2) is 6.57. The monoisotopic (exact) mass is 382 g/mol. The quantitative estimate of drug-likeness (QED) is 0.532. The van der Waals surface area contributed by atoms with Crippen LogP contribution in [0.1, 0.15) is 58.2 Å². The highest BCUT2D eigenvalue weighted by molar-refractivity contribution is 5.84. The third-order valence-electron chi connectivity index (χ3n) is 5.79. The number of halogens is 1. The summed E-state index contributed by atoms with van der Waals surface area (Å²) >= 11 is 0. The first-order valence-corrected chi connectivity index (χ1v) is 9.90. The average Bonchev–Trinajstić information content (AvgIpc) is 3.12. The van der Waals surface area contributed by atoms with Crippen LogP contribution in [-0.4, -0.2) is 27.5 Å². The van der Waals surface area contributed by atoms with E-state index in [9.17, 15) is 9.18 Å². The van der Waals surface area contributed by atoms with Gasteiger partial charge < -0.3 is 4.74 Å². The van der Waals surface area contributed by atoms with Gasteiger partial charge in [-0.25, -0.2) is 13.9 Å². The number of fused-ring (bicyclic) bond motifs is 2. The van der Waals surface area contributed by atoms with Crippen molar-refractivity contribution >= 4 is 17.7 Å². The fourth-order valence-electron chi connectivity index (χ4n) is 4.36. The summed E-state index contributed by atoms with van der Waals surface area (Å²) < 4.78 is 20.8. The number of esters is 1. The lowest BCUT2D eigenvalue weighted by Crippen LogP contribution is -2.26. The highest BCUT2D eigenvalue weighted by atomic mass is 19.1. The molecule has 0 aliphatic heterocycles. The van der Waals surface area contributed by atoms with E-state index in [-0.39, 0.29) is 11.4 Å². The lowest BCUT2D eigenvalue weighted by molar-refractivity contribution is -0.148. The molecule has 0 saturated heterocycles. The van der Waals surface area contributed by atoms with Gasteiger partial charge in [0.05, 0.1) is 17.6 Å². The summed E-state index contributed by atoms with van der Waals surface area (Å²) in [4.78, 5) is 12.3. The molecule has 1 heterocycles. The Labute approximate surface area is 165 Å². The molecule has 0 aromatic carbocycles. The van der Waals surface area contributed by atoms with Gasteiger partial charge in [-0.15, -0.1) is 0 Å². The number of ether oxygens (including phenoxy) is 1. The Morgan fingerprint density at radius 2 is 2.18 bits per heavy atom. The van der Waals surface area contributed by atoms with Gasteiger partial charge in [0.15, 0.2) is 0 Å². The normalized spacial score (nSPS) is 27.9. The van der Waals surface area contributed by atoms with Gasteiger partial charge in [0, 0.05) is 17.9 Å². The first-order chi connectivity index (χ1) is 13.2. The van der Waals surface area contributed by atoms with Crippen molar-refractivity contribution in [3.63, 3.8) is 0 Å². The van der Waals surface area contributed by atoms with Gasteiger partial charge in [-0.05, 0) is 63.8 Å². The SMILES string of the molecule is CC(C)(C)OC(=O)/C=C1\CCC2=Cc3c(cnn3C3=CCC(F)C=C3)C[C@@]21C. The van der Waals surface area contributed by atoms with Gasteiger partial charge in [0.25, 0.3) is 0 Å². The first-order valence-electron chi connectivity index (χ1n) is 9.90. The smallest absolute Gasteiger partial charge is 0.331 e. The van der Waals surface area contributed by atoms with E-state index < -0.39 is 11.8 Å². The Hall–Kier alpha value is -2.43. The molecule has 1 saturated carbocycles. The van der Waals surface area contributed by atoms with E-state index in [1.54, 1.807) is 18.2 Å². The van der Waals surface area contributed by atoms with Crippen LogP contribution in [0, 0.1) is 5.41 Å². The van der Waals surface area contributed by atoms with E-state index in [0.717, 1.165) is 41.8 Å². The predicted octanol–water partition coefficient (Wildman–Crippen LogP) is 5.03. The molecular formula is C23H27FN2O2. The van der Waals surface area contributed by atoms with Crippen molar-refractivity contribution in [2.24, 2.45) is 5.41 Å². The first kappa shape index (κ1) is 18.9. The Morgan fingerprint density at radius 1 is 1.39 bits per heavy atom. The van der Waals surface area contributed by atoms with Crippen molar-refractivity contribution in [2.45, 2.75) is 65.2 Å². The molecule has 5 heteroatoms. The fourth-order valence-corrected chi connectivity index (χ4v) is 4.36. The van der Waals surface area contributed by atoms with Gasteiger partial charge in [0.2, 0.25) is 0 Å². The second-order valence-corrected chi connectivity index (χ2v) is 9.09. The summed E-state index contributed by atoms with van der Waals surface area (Å²) in [6.45, 7) is 7.85. The number of hydrogen-bond acceptors (Lipinski definition) is 3. The summed E-state index contributed by atoms with van der Waals surface area (Å²) in [5, 5.41) is 4.56. The maximum absolute atomic E-state index is 13.4. The van der Waals surface area contributed by atoms with E-state index >= 15 is 0 Å². The molecule has 1 aromatic heterocycles. The molecule has 0 spiro atoms. The van der Waals surface area contributed by atoms with E-state index in [1.807, 2.05) is 37.7 Å². The predicted molar refractivity (Wildman–Crippen MR) is 108 cm³/mol. The van der Waals surface area contributed by atoms with Crippen LogP contribution < -0.4 is 0 Å². The number of carbonyl (C=O) groups is 1. The van der Waals surface area contributed by atoms with Crippen molar-refractivity contribution in [3.05, 3.63) is 52.9 Å². The molecule has 2 atom stereocenters. The molecule has 1 fully saturated rings. The topological polar surface area (TPSA) is 44.1 Å². The highest BCUT2D eigenvalue weighted by Gasteiger charge is 2.42. The Balaban J connectivity index is 1.64. The zero-order chi connectivity index (χ0) is 20.1. The van der Waals surface area contributed by atoms with Crippen LogP contribution in [0.2, 0.25) is 0 Å². The third kappa shape index (κ3) is 3.38. The minimum absolute atomic E-state index is 0.168. The van der Waals surface area contributed by atoms with Crippen LogP contribution >= 0.6 is 0 Å². The fraction of sp³-hybridized carbons (Fsp3) is 0.478. The van der Waals surface area contributed by atoms with Crippen molar-refractivity contribution in [2.75, 3.05) is 0 Å². The lowest BCUT2D eigenvalue weighted by Gasteiger charge is -2.32. The van der Waals surface area contributed by atoms with Gasteiger partial charge in [0.1, 0.15) is 11.8 Å². The number of rotatable bonds is 2. The molecule has 0 N–H and O–H groups in total. The third-order valence-corrected chi connectivity index (χ3v) is 5.79. The van der Waals surface area contributed by atoms with E-state index in [2.05, 4.69) is 18.1 Å². The molecule has 4 rings (SSSR count). The van der Waals surface area contributed by atoms with Crippen molar-refractivity contribution in [1.82, 2.24) is 9.78 Å². The number of hydrogen-bond donors (Lipinski definition) is 0. The van der Waals surface area contributed by atoms with Crippen LogP contribution in [0.3, 0.4) is 0 Å². The van der Waals surface area contributed by atoms with Crippen molar-refractivity contribution < 1.29 is 13.9 Å². The molecule has 4 nitrogen and oxygen atoms in total. The van der Waals surface area contributed by atoms with Crippen LogP contribution in [-0.2, 0) is 16.0 Å². The molecule has 0 bridgehead atoms. The molecule has 0 amide bonds. The maximum atomic E-state index is 13.4. The van der Waals surface area contributed by atoms with E-state index in [1.165, 1.54) is 5.57 Å². The van der Waals surface area contributed by atoms with Crippen LogP contribution in [0.15, 0.2) is 41.6 Å². The number of nitrogens with zero attached hydrogens (tertiary/aromatic N) is 2. The largest absolute Gasteiger partial charge is 0.457 e. The van der Waals surface area contributed by atoms with Crippen molar-refractivity contribution in [3.8, 4) is 0 Å². The van der Waals surface area contributed by atoms with Gasteiger partial charge in [-0.1, -0.05) is 24.1 Å². The van der Waals surface area contributed by atoms with Gasteiger partial charge in [-0.2, -0.15) is 5.10 Å². The average molecular weight is 382 g/mol. The number of aromatic nitrogens is 2. The van der Waals surface area contributed by atoms with E-state index in [4.69, 9.17) is 4.74 Å². The Bertz CT molecular complexity index is 942. The van der Waals surface area contributed by atoms with Crippen LogP contribution in [0.4, 0.5) is 4.39 Å². The Morgan fingerprint density at radius 3 is 2.86 bits per heavy atom. The summed E-state index contributed by atoms with van der Waals surface area (Å²) in [6.07, 6.45) is 13.2. The zero-order valence-corrected chi connectivity index (χ0v) is 17.0. The molecule has 28 heavy (non-hydrogen) atoms. The Kier molecular flexibility index (Phi) is 4.44. The van der Waals surface area contributed by atoms with Crippen LogP contribution in [0.5, 0.6) is 0 Å². The number of allylic oxidation sites excluding steroid dienone is 6. The molecule has 148 valence electrons. The molecular weight excluding hydrogens is 355 g/mol. The van der Waals surface area contributed by atoms with Gasteiger partial charge in [-0.3, -0.25) is 0 Å². The second-order valence-electron chi connectivity index (χ2n) is 9.09. The van der Waals surface area contributed by atoms with Crippen molar-refractivity contribution in [1.29, 1.82) is 0 Å². The minimum atomic E-state index is -0.910. The lowest BCUT2D eigenvalue weighted by atomic mass is 9.72. The van der Waals surface area contributed by atoms with E-state index in [0.29, 0.717) is 6.42 Å². The number of alkyl halides is 1. The van der Waals surface area contributed by atoms with Gasteiger partial charge >= 0.3 is 5.97 Å². The van der Waals surface area contributed by atoms with Crippen LogP contribution in [0.25, 0.3) is 11.8 Å². The molecule has 1 aromatic rings. The summed E-state index contributed by atoms with van der Waals surface area (Å²) in [5.74, 6) is -0.273. The molecule has 3 aliphatic rings. The summed E-state index contributed by atoms with van der Waals surface area (Å²) in [6, 6.07) is 0. The zero-order valence-electron chi connectivity index (χ0n) is 17.0. The molecule has 3 aliphatic carbocycles. The summed E-state index contributed by atoms with van der Waals surface area (Å²) in [7, 11) is 0. The summed E-state index contributed by atoms with van der Waals surface area (Å²) in [5.41, 5.74) is 4.92. The minimum Gasteiger partial charge on any atom is -0.457 e. The number of carbonyl (C=O) groups excluding carboxylic acids is 1. The molecule has 0 radical (unpaired) electrons. The highest BCUT2D eigenvalue weighted by Crippen LogP contribution is 2.52. The standard InChI is InChI=1S/C23H27FN2O2/c1-22(2,3)28-21(27)12-17-6-5-16-11-20-15(13-23(16,17)4)14-25-26(20)19-9-7-18(24)8-10-19/h7,9-12,14,18H,5-6,8,13H2,1-4H3/b17-12+/t18?,23-/m0/s1. The maximum Gasteiger partial charge on any atom is 0.331 e. The molecule has 1 unspecified atom stereocenters.